The molecule has 0 saturated carbocycles. The van der Waals surface area contributed by atoms with E-state index in [2.05, 4.69) is 27.1 Å². The fourth-order valence-electron chi connectivity index (χ4n) is 1.70. The van der Waals surface area contributed by atoms with Crippen LogP contribution >= 0.6 is 0 Å². The molecule has 2 rings (SSSR count). The third-order valence-corrected chi connectivity index (χ3v) is 2.81. The van der Waals surface area contributed by atoms with Crippen molar-refractivity contribution in [1.29, 1.82) is 0 Å². The topological polar surface area (TPSA) is 67.3 Å². The van der Waals surface area contributed by atoms with Gasteiger partial charge in [-0.05, 0) is 19.1 Å². The molecule has 0 aliphatic heterocycles. The van der Waals surface area contributed by atoms with Crippen LogP contribution in [0.4, 0.5) is 5.82 Å². The SMILES string of the molecule is COc1ccccc1C#Cc1cncnc1N[C@H](C)CO. The minimum absolute atomic E-state index is 0.0172. The molecule has 108 valence electrons. The Morgan fingerprint density at radius 2 is 2.05 bits per heavy atom. The minimum Gasteiger partial charge on any atom is -0.495 e. The molecule has 0 radical (unpaired) electrons. The van der Waals surface area contributed by atoms with E-state index in [1.165, 1.54) is 6.33 Å². The molecule has 1 heterocycles. The zero-order valence-electron chi connectivity index (χ0n) is 12.0. The number of anilines is 1. The van der Waals surface area contributed by atoms with Crippen LogP contribution < -0.4 is 10.1 Å². The number of nitrogens with one attached hydrogen (secondary N) is 1. The van der Waals surface area contributed by atoms with Gasteiger partial charge < -0.3 is 15.2 Å². The molecule has 0 spiro atoms. The second-order valence-electron chi connectivity index (χ2n) is 4.46. The number of aromatic nitrogens is 2. The van der Waals surface area contributed by atoms with Gasteiger partial charge in [-0.3, -0.25) is 0 Å². The zero-order valence-corrected chi connectivity index (χ0v) is 12.0. The van der Waals surface area contributed by atoms with Crippen LogP contribution in [0.1, 0.15) is 18.1 Å². The Morgan fingerprint density at radius 3 is 2.81 bits per heavy atom. The fourth-order valence-corrected chi connectivity index (χ4v) is 1.70. The Morgan fingerprint density at radius 1 is 1.29 bits per heavy atom. The van der Waals surface area contributed by atoms with Crippen LogP contribution in [0.5, 0.6) is 5.75 Å². The summed E-state index contributed by atoms with van der Waals surface area (Å²) in [4.78, 5) is 8.14. The summed E-state index contributed by atoms with van der Waals surface area (Å²) < 4.78 is 5.26. The molecule has 0 saturated heterocycles. The molecule has 0 amide bonds. The first kappa shape index (κ1) is 14.8. The fraction of sp³-hybridized carbons (Fsp3) is 0.250. The highest BCUT2D eigenvalue weighted by molar-refractivity contribution is 5.56. The van der Waals surface area contributed by atoms with Crippen molar-refractivity contribution in [2.24, 2.45) is 0 Å². The Bertz CT molecular complexity index is 662. The summed E-state index contributed by atoms with van der Waals surface area (Å²) in [6.07, 6.45) is 3.09. The van der Waals surface area contributed by atoms with Gasteiger partial charge in [0.1, 0.15) is 17.9 Å². The van der Waals surface area contributed by atoms with Gasteiger partial charge in [0.15, 0.2) is 0 Å². The second-order valence-corrected chi connectivity index (χ2v) is 4.46. The van der Waals surface area contributed by atoms with Crippen LogP contribution in [0.15, 0.2) is 36.8 Å². The van der Waals surface area contributed by atoms with Gasteiger partial charge in [0.05, 0.1) is 24.8 Å². The van der Waals surface area contributed by atoms with E-state index in [-0.39, 0.29) is 12.6 Å². The van der Waals surface area contributed by atoms with Crippen molar-refractivity contribution in [1.82, 2.24) is 9.97 Å². The third kappa shape index (κ3) is 3.94. The molecule has 5 nitrogen and oxygen atoms in total. The molecule has 1 aromatic heterocycles. The monoisotopic (exact) mass is 283 g/mol. The Hall–Kier alpha value is -2.58. The Labute approximate surface area is 124 Å². The number of nitrogens with zero attached hydrogens (tertiary/aromatic N) is 2. The van der Waals surface area contributed by atoms with E-state index in [1.54, 1.807) is 13.3 Å². The summed E-state index contributed by atoms with van der Waals surface area (Å²) in [5, 5.41) is 12.2. The van der Waals surface area contributed by atoms with E-state index in [4.69, 9.17) is 9.84 Å². The summed E-state index contributed by atoms with van der Waals surface area (Å²) in [5.41, 5.74) is 1.47. The molecule has 21 heavy (non-hydrogen) atoms. The highest BCUT2D eigenvalue weighted by Crippen LogP contribution is 2.16. The van der Waals surface area contributed by atoms with Crippen molar-refractivity contribution in [3.05, 3.63) is 47.9 Å². The van der Waals surface area contributed by atoms with E-state index in [0.717, 1.165) is 11.3 Å². The van der Waals surface area contributed by atoms with Gasteiger partial charge in [-0.1, -0.05) is 24.0 Å². The number of methoxy groups -OCH3 is 1. The van der Waals surface area contributed by atoms with Gasteiger partial charge in [0.2, 0.25) is 0 Å². The van der Waals surface area contributed by atoms with E-state index in [1.807, 2.05) is 31.2 Å². The quantitative estimate of drug-likeness (QED) is 0.836. The van der Waals surface area contributed by atoms with Crippen LogP contribution in [0.2, 0.25) is 0 Å². The standard InChI is InChI=1S/C16H17N3O2/c1-12(10-20)19-16-14(9-17-11-18-16)8-7-13-5-3-4-6-15(13)21-2/h3-6,9,11-12,20H,10H2,1-2H3,(H,17,18,19)/t12-/m1/s1. The summed E-state index contributed by atoms with van der Waals surface area (Å²) in [6, 6.07) is 7.44. The van der Waals surface area contributed by atoms with Crippen molar-refractivity contribution in [2.75, 3.05) is 19.0 Å². The molecule has 0 bridgehead atoms. The van der Waals surface area contributed by atoms with Crippen LogP contribution in [-0.2, 0) is 0 Å². The summed E-state index contributed by atoms with van der Waals surface area (Å²) >= 11 is 0. The number of aliphatic hydroxyl groups excluding tert-OH is 1. The largest absolute Gasteiger partial charge is 0.495 e. The summed E-state index contributed by atoms with van der Waals surface area (Å²) in [5.74, 6) is 7.42. The third-order valence-electron chi connectivity index (χ3n) is 2.81. The number of aliphatic hydroxyl groups is 1. The van der Waals surface area contributed by atoms with Crippen molar-refractivity contribution in [3.63, 3.8) is 0 Å². The van der Waals surface area contributed by atoms with Crippen LogP contribution in [0.25, 0.3) is 0 Å². The van der Waals surface area contributed by atoms with Crippen LogP contribution in [0.3, 0.4) is 0 Å². The van der Waals surface area contributed by atoms with Crippen molar-refractivity contribution in [3.8, 4) is 17.6 Å². The maximum atomic E-state index is 9.10. The number of rotatable bonds is 4. The molecule has 5 heteroatoms. The lowest BCUT2D eigenvalue weighted by Crippen LogP contribution is -2.20. The maximum absolute atomic E-state index is 9.10. The number of para-hydroxylation sites is 1. The lowest BCUT2D eigenvalue weighted by molar-refractivity contribution is 0.281. The van der Waals surface area contributed by atoms with Gasteiger partial charge in [0, 0.05) is 12.2 Å². The van der Waals surface area contributed by atoms with Gasteiger partial charge in [-0.2, -0.15) is 0 Å². The lowest BCUT2D eigenvalue weighted by atomic mass is 10.2. The molecule has 0 fully saturated rings. The van der Waals surface area contributed by atoms with Crippen LogP contribution in [-0.4, -0.2) is 34.8 Å². The van der Waals surface area contributed by atoms with Crippen molar-refractivity contribution >= 4 is 5.82 Å². The molecule has 0 aliphatic rings. The Kier molecular flexibility index (Phi) is 5.13. The molecule has 0 aliphatic carbocycles. The highest BCUT2D eigenvalue weighted by atomic mass is 16.5. The van der Waals surface area contributed by atoms with E-state index < -0.39 is 0 Å². The average Bonchev–Trinajstić information content (AvgIpc) is 2.54. The first-order chi connectivity index (χ1) is 10.2. The molecule has 1 aromatic carbocycles. The molecule has 1 atom stereocenters. The van der Waals surface area contributed by atoms with E-state index >= 15 is 0 Å². The summed E-state index contributed by atoms with van der Waals surface area (Å²) in [7, 11) is 1.61. The molecular weight excluding hydrogens is 266 g/mol. The average molecular weight is 283 g/mol. The maximum Gasteiger partial charge on any atom is 0.145 e. The molecular formula is C16H17N3O2. The van der Waals surface area contributed by atoms with Crippen LogP contribution in [0, 0.1) is 11.8 Å². The normalized spacial score (nSPS) is 11.2. The van der Waals surface area contributed by atoms with Crippen molar-refractivity contribution < 1.29 is 9.84 Å². The molecule has 2 N–H and O–H groups in total. The van der Waals surface area contributed by atoms with Crippen molar-refractivity contribution in [2.45, 2.75) is 13.0 Å². The minimum atomic E-state index is -0.105. The second kappa shape index (κ2) is 7.27. The van der Waals surface area contributed by atoms with E-state index in [9.17, 15) is 0 Å². The number of benzene rings is 1. The Balaban J connectivity index is 2.30. The number of hydrogen-bond donors (Lipinski definition) is 2. The summed E-state index contributed by atoms with van der Waals surface area (Å²) in [6.45, 7) is 1.88. The van der Waals surface area contributed by atoms with E-state index in [0.29, 0.717) is 11.4 Å². The molecule has 0 unspecified atom stereocenters. The van der Waals surface area contributed by atoms with Gasteiger partial charge in [-0.15, -0.1) is 0 Å². The smallest absolute Gasteiger partial charge is 0.145 e. The van der Waals surface area contributed by atoms with Gasteiger partial charge >= 0.3 is 0 Å². The highest BCUT2D eigenvalue weighted by Gasteiger charge is 2.05. The molecule has 2 aromatic rings. The number of hydrogen-bond acceptors (Lipinski definition) is 5. The van der Waals surface area contributed by atoms with Gasteiger partial charge in [-0.25, -0.2) is 9.97 Å². The predicted molar refractivity (Wildman–Crippen MR) is 81.2 cm³/mol. The first-order valence-corrected chi connectivity index (χ1v) is 6.57. The van der Waals surface area contributed by atoms with Gasteiger partial charge in [0.25, 0.3) is 0 Å². The number of ether oxygens (including phenoxy) is 1. The zero-order chi connectivity index (χ0) is 15.1. The predicted octanol–water partition coefficient (Wildman–Crippen LogP) is 1.68. The lowest BCUT2D eigenvalue weighted by Gasteiger charge is -2.12. The first-order valence-electron chi connectivity index (χ1n) is 6.57.